The second kappa shape index (κ2) is 4.68. The standard InChI is InChI=1S/C10H13NOS.H2O/c1-13(12)11-7-6-9-4-2-3-5-10(9)8-11;/h2-5H,6-8H2,1H3;1H2. The zero-order valence-corrected chi connectivity index (χ0v) is 9.01. The van der Waals surface area contributed by atoms with Crippen LogP contribution in [0.2, 0.25) is 0 Å². The molecule has 0 aliphatic carbocycles. The molecule has 0 spiro atoms. The summed E-state index contributed by atoms with van der Waals surface area (Å²) in [7, 11) is -0.826. The number of fused-ring (bicyclic) bond motifs is 1. The molecule has 3 nitrogen and oxygen atoms in total. The Labute approximate surface area is 86.6 Å². The van der Waals surface area contributed by atoms with Crippen molar-refractivity contribution >= 4 is 11.0 Å². The largest absolute Gasteiger partial charge is 0.412 e. The van der Waals surface area contributed by atoms with Crippen molar-refractivity contribution in [3.8, 4) is 0 Å². The molecule has 1 aliphatic heterocycles. The third kappa shape index (κ3) is 2.20. The summed E-state index contributed by atoms with van der Waals surface area (Å²) in [5, 5.41) is 0. The van der Waals surface area contributed by atoms with Crippen molar-refractivity contribution in [2.75, 3.05) is 12.8 Å². The Balaban J connectivity index is 0.000000980. The molecule has 1 aromatic carbocycles. The lowest BCUT2D eigenvalue weighted by atomic mass is 10.0. The SMILES string of the molecule is CS(=O)N1CCc2ccccc2C1.O. The van der Waals surface area contributed by atoms with Gasteiger partial charge in [-0.3, -0.25) is 0 Å². The van der Waals surface area contributed by atoms with E-state index in [0.717, 1.165) is 19.5 Å². The first kappa shape index (κ1) is 11.4. The van der Waals surface area contributed by atoms with Gasteiger partial charge in [0.05, 0.1) is 11.0 Å². The Morgan fingerprint density at radius 1 is 1.29 bits per heavy atom. The van der Waals surface area contributed by atoms with E-state index in [0.29, 0.717) is 0 Å². The van der Waals surface area contributed by atoms with Crippen LogP contribution in [0.4, 0.5) is 0 Å². The molecule has 0 radical (unpaired) electrons. The van der Waals surface area contributed by atoms with Gasteiger partial charge < -0.3 is 5.48 Å². The van der Waals surface area contributed by atoms with Crippen molar-refractivity contribution in [1.82, 2.24) is 4.31 Å². The minimum atomic E-state index is -0.826. The number of hydrogen-bond acceptors (Lipinski definition) is 1. The van der Waals surface area contributed by atoms with E-state index in [1.165, 1.54) is 11.1 Å². The topological polar surface area (TPSA) is 51.8 Å². The molecule has 0 saturated heterocycles. The molecule has 1 aliphatic rings. The molecule has 1 unspecified atom stereocenters. The fraction of sp³-hybridized carbons (Fsp3) is 0.400. The molecule has 1 heterocycles. The number of hydrogen-bond donors (Lipinski definition) is 0. The van der Waals surface area contributed by atoms with Crippen LogP contribution in [0.25, 0.3) is 0 Å². The minimum absolute atomic E-state index is 0. The van der Waals surface area contributed by atoms with Gasteiger partial charge in [-0.15, -0.1) is 0 Å². The molecule has 0 fully saturated rings. The summed E-state index contributed by atoms with van der Waals surface area (Å²) in [6.07, 6.45) is 2.77. The van der Waals surface area contributed by atoms with Crippen molar-refractivity contribution in [2.45, 2.75) is 13.0 Å². The molecular weight excluding hydrogens is 198 g/mol. The van der Waals surface area contributed by atoms with Crippen molar-refractivity contribution in [3.05, 3.63) is 35.4 Å². The summed E-state index contributed by atoms with van der Waals surface area (Å²) in [5.41, 5.74) is 2.73. The summed E-state index contributed by atoms with van der Waals surface area (Å²) < 4.78 is 13.2. The van der Waals surface area contributed by atoms with Crippen LogP contribution in [0, 0.1) is 0 Å². The normalized spacial score (nSPS) is 18.1. The Morgan fingerprint density at radius 2 is 1.93 bits per heavy atom. The van der Waals surface area contributed by atoms with Gasteiger partial charge in [0, 0.05) is 19.3 Å². The van der Waals surface area contributed by atoms with Crippen LogP contribution in [-0.4, -0.2) is 26.8 Å². The van der Waals surface area contributed by atoms with Crippen molar-refractivity contribution in [2.24, 2.45) is 0 Å². The molecule has 1 atom stereocenters. The van der Waals surface area contributed by atoms with E-state index >= 15 is 0 Å². The highest BCUT2D eigenvalue weighted by Crippen LogP contribution is 2.18. The Morgan fingerprint density at radius 3 is 2.57 bits per heavy atom. The van der Waals surface area contributed by atoms with E-state index < -0.39 is 11.0 Å². The molecule has 0 bridgehead atoms. The number of benzene rings is 1. The van der Waals surface area contributed by atoms with Gasteiger partial charge in [-0.1, -0.05) is 24.3 Å². The van der Waals surface area contributed by atoms with E-state index in [-0.39, 0.29) is 5.48 Å². The van der Waals surface area contributed by atoms with Crippen molar-refractivity contribution in [3.63, 3.8) is 0 Å². The lowest BCUT2D eigenvalue weighted by Crippen LogP contribution is -2.31. The molecule has 0 aromatic heterocycles. The summed E-state index contributed by atoms with van der Waals surface area (Å²) in [6, 6.07) is 8.39. The summed E-state index contributed by atoms with van der Waals surface area (Å²) >= 11 is 0. The van der Waals surface area contributed by atoms with Gasteiger partial charge in [0.15, 0.2) is 0 Å². The highest BCUT2D eigenvalue weighted by molar-refractivity contribution is 7.81. The molecule has 0 saturated carbocycles. The predicted molar refractivity (Wildman–Crippen MR) is 58.2 cm³/mol. The molecule has 2 rings (SSSR count). The van der Waals surface area contributed by atoms with Crippen LogP contribution in [0.3, 0.4) is 0 Å². The Bertz CT molecular complexity index is 341. The molecule has 14 heavy (non-hydrogen) atoms. The smallest absolute Gasteiger partial charge is 0.0913 e. The van der Waals surface area contributed by atoms with E-state index in [4.69, 9.17) is 0 Å². The highest BCUT2D eigenvalue weighted by atomic mass is 32.2. The van der Waals surface area contributed by atoms with Crippen LogP contribution < -0.4 is 0 Å². The maximum atomic E-state index is 11.2. The van der Waals surface area contributed by atoms with Crippen molar-refractivity contribution in [1.29, 1.82) is 0 Å². The highest BCUT2D eigenvalue weighted by Gasteiger charge is 2.17. The Kier molecular flexibility index (Phi) is 3.80. The van der Waals surface area contributed by atoms with Gasteiger partial charge >= 0.3 is 0 Å². The van der Waals surface area contributed by atoms with Crippen LogP contribution in [0.15, 0.2) is 24.3 Å². The summed E-state index contributed by atoms with van der Waals surface area (Å²) in [6.45, 7) is 1.75. The third-order valence-corrected chi connectivity index (χ3v) is 3.50. The van der Waals surface area contributed by atoms with Crippen LogP contribution in [0.1, 0.15) is 11.1 Å². The lowest BCUT2D eigenvalue weighted by molar-refractivity contribution is 0.423. The van der Waals surface area contributed by atoms with E-state index in [9.17, 15) is 4.21 Å². The van der Waals surface area contributed by atoms with E-state index in [1.807, 2.05) is 10.4 Å². The number of rotatable bonds is 1. The van der Waals surface area contributed by atoms with Crippen LogP contribution in [0.5, 0.6) is 0 Å². The quantitative estimate of drug-likeness (QED) is 0.670. The second-order valence-electron chi connectivity index (χ2n) is 3.31. The van der Waals surface area contributed by atoms with Gasteiger partial charge in [0.25, 0.3) is 0 Å². The van der Waals surface area contributed by atoms with Crippen molar-refractivity contribution < 1.29 is 9.69 Å². The first-order chi connectivity index (χ1) is 6.27. The summed E-state index contributed by atoms with van der Waals surface area (Å²) in [4.78, 5) is 0. The van der Waals surface area contributed by atoms with Crippen LogP contribution in [-0.2, 0) is 24.0 Å². The lowest BCUT2D eigenvalue weighted by Gasteiger charge is -2.25. The molecule has 2 N–H and O–H groups in total. The molecule has 78 valence electrons. The Hall–Kier alpha value is -0.710. The maximum Gasteiger partial charge on any atom is 0.0913 e. The zero-order chi connectivity index (χ0) is 9.26. The van der Waals surface area contributed by atoms with Crippen LogP contribution >= 0.6 is 0 Å². The van der Waals surface area contributed by atoms with Gasteiger partial charge in [-0.2, -0.15) is 0 Å². The number of nitrogens with zero attached hydrogens (tertiary/aromatic N) is 1. The van der Waals surface area contributed by atoms with Gasteiger partial charge in [-0.25, -0.2) is 8.51 Å². The first-order valence-electron chi connectivity index (χ1n) is 4.42. The van der Waals surface area contributed by atoms with Gasteiger partial charge in [0.2, 0.25) is 0 Å². The minimum Gasteiger partial charge on any atom is -0.412 e. The fourth-order valence-electron chi connectivity index (χ4n) is 1.69. The van der Waals surface area contributed by atoms with Gasteiger partial charge in [0.1, 0.15) is 0 Å². The average molecular weight is 213 g/mol. The average Bonchev–Trinajstić information content (AvgIpc) is 2.17. The van der Waals surface area contributed by atoms with Gasteiger partial charge in [-0.05, 0) is 17.5 Å². The van der Waals surface area contributed by atoms with E-state index in [2.05, 4.69) is 18.2 Å². The predicted octanol–water partition coefficient (Wildman–Crippen LogP) is 0.514. The molecular formula is C10H15NO2S. The second-order valence-corrected chi connectivity index (χ2v) is 4.67. The third-order valence-electron chi connectivity index (χ3n) is 2.46. The molecule has 4 heteroatoms. The monoisotopic (exact) mass is 213 g/mol. The first-order valence-corrected chi connectivity index (χ1v) is 5.94. The zero-order valence-electron chi connectivity index (χ0n) is 8.19. The van der Waals surface area contributed by atoms with E-state index in [1.54, 1.807) is 6.26 Å². The summed E-state index contributed by atoms with van der Waals surface area (Å²) in [5.74, 6) is 0. The molecule has 1 aromatic rings. The maximum absolute atomic E-state index is 11.2. The molecule has 0 amide bonds. The fourth-order valence-corrected chi connectivity index (χ4v) is 2.36.